The second-order valence-electron chi connectivity index (χ2n) is 3.95. The van der Waals surface area contributed by atoms with E-state index < -0.39 is 18.1 Å². The Labute approximate surface area is 124 Å². The molecule has 6 nitrogen and oxygen atoms in total. The summed E-state index contributed by atoms with van der Waals surface area (Å²) in [4.78, 5) is 23.0. The fourth-order valence-corrected chi connectivity index (χ4v) is 1.46. The molecule has 0 saturated carbocycles. The minimum atomic E-state index is -0.720. The summed E-state index contributed by atoms with van der Waals surface area (Å²) in [7, 11) is 0. The van der Waals surface area contributed by atoms with E-state index in [1.807, 2.05) is 0 Å². The number of esters is 1. The molecule has 0 radical (unpaired) electrons. The van der Waals surface area contributed by atoms with E-state index in [1.165, 1.54) is 6.08 Å². The number of ether oxygens (including phenoxy) is 2. The number of alkyl carbamates (subject to hydrolysis) is 1. The van der Waals surface area contributed by atoms with Crippen molar-refractivity contribution in [2.45, 2.75) is 26.3 Å². The van der Waals surface area contributed by atoms with Crippen LogP contribution in [0.15, 0.2) is 24.8 Å². The summed E-state index contributed by atoms with van der Waals surface area (Å²) in [6.45, 7) is 11.0. The fraction of sp³-hybridized carbons (Fsp3) is 0.462. The van der Waals surface area contributed by atoms with Gasteiger partial charge in [0.1, 0.15) is 12.6 Å². The second-order valence-corrected chi connectivity index (χ2v) is 4.36. The third kappa shape index (κ3) is 8.25. The van der Waals surface area contributed by atoms with Gasteiger partial charge in [-0.1, -0.05) is 18.2 Å². The lowest BCUT2D eigenvalue weighted by Gasteiger charge is -2.19. The maximum atomic E-state index is 11.8. The minimum absolute atomic E-state index is 0.00902. The molecule has 112 valence electrons. The van der Waals surface area contributed by atoms with Gasteiger partial charge in [-0.3, -0.25) is 5.32 Å². The Morgan fingerprint density at radius 1 is 1.40 bits per heavy atom. The Kier molecular flexibility index (Phi) is 9.02. The van der Waals surface area contributed by atoms with E-state index in [2.05, 4.69) is 28.5 Å². The van der Waals surface area contributed by atoms with E-state index in [-0.39, 0.29) is 18.3 Å². The molecule has 0 rings (SSSR count). The van der Waals surface area contributed by atoms with Crippen molar-refractivity contribution in [3.05, 3.63) is 24.8 Å². The summed E-state index contributed by atoms with van der Waals surface area (Å²) in [6, 6.07) is -0.720. The summed E-state index contributed by atoms with van der Waals surface area (Å²) in [5, 5.41) is 4.98. The van der Waals surface area contributed by atoms with Crippen LogP contribution in [0.2, 0.25) is 0 Å². The number of rotatable bonds is 7. The standard InChI is InChI=1S/C13H20N2O4S/c1-5-7-19-11(16)10(8-9(3)4)14-12(20)15-13(17)18-6-2/h5,10H,1,3,6-8H2,2,4H3,(H2,14,15,17,20). The van der Waals surface area contributed by atoms with Gasteiger partial charge in [0.05, 0.1) is 6.61 Å². The molecule has 0 aromatic rings. The number of nitrogens with one attached hydrogen (secondary N) is 2. The Morgan fingerprint density at radius 2 is 2.05 bits per heavy atom. The minimum Gasteiger partial charge on any atom is -0.460 e. The molecule has 0 bridgehead atoms. The summed E-state index contributed by atoms with van der Waals surface area (Å²) >= 11 is 4.92. The van der Waals surface area contributed by atoms with Crippen LogP contribution in [0.1, 0.15) is 20.3 Å². The molecule has 0 aliphatic rings. The maximum absolute atomic E-state index is 11.8. The maximum Gasteiger partial charge on any atom is 0.413 e. The molecule has 1 atom stereocenters. The van der Waals surface area contributed by atoms with Gasteiger partial charge < -0.3 is 14.8 Å². The smallest absolute Gasteiger partial charge is 0.413 e. The third-order valence-corrected chi connectivity index (χ3v) is 2.20. The predicted octanol–water partition coefficient (Wildman–Crippen LogP) is 1.67. The van der Waals surface area contributed by atoms with Crippen molar-refractivity contribution < 1.29 is 19.1 Å². The van der Waals surface area contributed by atoms with E-state index in [0.717, 1.165) is 5.57 Å². The Balaban J connectivity index is 4.51. The second kappa shape index (κ2) is 9.96. The number of hydrogen-bond acceptors (Lipinski definition) is 5. The third-order valence-electron chi connectivity index (χ3n) is 1.98. The van der Waals surface area contributed by atoms with E-state index in [0.29, 0.717) is 6.42 Å². The lowest BCUT2D eigenvalue weighted by atomic mass is 10.1. The quantitative estimate of drug-likeness (QED) is 0.423. The fourth-order valence-electron chi connectivity index (χ4n) is 1.24. The molecule has 20 heavy (non-hydrogen) atoms. The summed E-state index contributed by atoms with van der Waals surface area (Å²) in [5.74, 6) is -0.499. The SMILES string of the molecule is C=CCOC(=O)C(CC(=C)C)NC(=S)NC(=O)OCC. The van der Waals surface area contributed by atoms with Gasteiger partial charge in [-0.25, -0.2) is 9.59 Å². The van der Waals surface area contributed by atoms with Gasteiger partial charge in [0.25, 0.3) is 0 Å². The molecular formula is C13H20N2O4S. The summed E-state index contributed by atoms with van der Waals surface area (Å²) < 4.78 is 9.62. The molecule has 0 aromatic heterocycles. The molecule has 7 heteroatoms. The van der Waals surface area contributed by atoms with Crippen LogP contribution in [0.5, 0.6) is 0 Å². The van der Waals surface area contributed by atoms with Crippen LogP contribution in [0.25, 0.3) is 0 Å². The van der Waals surface area contributed by atoms with Crippen molar-refractivity contribution in [3.8, 4) is 0 Å². The average Bonchev–Trinajstić information content (AvgIpc) is 2.34. The first-order valence-electron chi connectivity index (χ1n) is 6.06. The highest BCUT2D eigenvalue weighted by atomic mass is 32.1. The van der Waals surface area contributed by atoms with E-state index in [9.17, 15) is 9.59 Å². The molecular weight excluding hydrogens is 280 g/mol. The van der Waals surface area contributed by atoms with Gasteiger partial charge in [0.15, 0.2) is 5.11 Å². The molecule has 0 aromatic carbocycles. The van der Waals surface area contributed by atoms with E-state index >= 15 is 0 Å². The van der Waals surface area contributed by atoms with E-state index in [4.69, 9.17) is 17.0 Å². The molecule has 0 spiro atoms. The molecule has 1 amide bonds. The van der Waals surface area contributed by atoms with Gasteiger partial charge in [0.2, 0.25) is 0 Å². The summed E-state index contributed by atoms with van der Waals surface area (Å²) in [6.07, 6.45) is 1.12. The zero-order valence-corrected chi connectivity index (χ0v) is 12.5. The van der Waals surface area contributed by atoms with E-state index in [1.54, 1.807) is 13.8 Å². The molecule has 0 aliphatic heterocycles. The van der Waals surface area contributed by atoms with Crippen molar-refractivity contribution in [1.29, 1.82) is 0 Å². The van der Waals surface area contributed by atoms with Crippen molar-refractivity contribution in [2.75, 3.05) is 13.2 Å². The lowest BCUT2D eigenvalue weighted by molar-refractivity contribution is -0.144. The Bertz CT molecular complexity index is 396. The number of thiocarbonyl (C=S) groups is 1. The highest BCUT2D eigenvalue weighted by Gasteiger charge is 2.21. The molecule has 0 heterocycles. The molecule has 0 saturated heterocycles. The lowest BCUT2D eigenvalue weighted by Crippen LogP contribution is -2.48. The highest BCUT2D eigenvalue weighted by molar-refractivity contribution is 7.80. The van der Waals surface area contributed by atoms with Crippen molar-refractivity contribution in [1.82, 2.24) is 10.6 Å². The van der Waals surface area contributed by atoms with Crippen LogP contribution in [0.4, 0.5) is 4.79 Å². The normalized spacial score (nSPS) is 10.9. The Hall–Kier alpha value is -1.89. The first-order valence-corrected chi connectivity index (χ1v) is 6.47. The van der Waals surface area contributed by atoms with Crippen LogP contribution in [-0.4, -0.2) is 36.4 Å². The first kappa shape index (κ1) is 18.1. The van der Waals surface area contributed by atoms with Gasteiger partial charge in [-0.05, 0) is 32.5 Å². The topological polar surface area (TPSA) is 76.7 Å². The largest absolute Gasteiger partial charge is 0.460 e. The van der Waals surface area contributed by atoms with Gasteiger partial charge in [0, 0.05) is 0 Å². The summed E-state index contributed by atoms with van der Waals surface area (Å²) in [5.41, 5.74) is 0.775. The average molecular weight is 300 g/mol. The first-order chi connectivity index (χ1) is 9.40. The van der Waals surface area contributed by atoms with Gasteiger partial charge in [-0.15, -0.1) is 6.58 Å². The Morgan fingerprint density at radius 3 is 2.55 bits per heavy atom. The zero-order valence-electron chi connectivity index (χ0n) is 11.7. The predicted molar refractivity (Wildman–Crippen MR) is 80.3 cm³/mol. The molecule has 0 aliphatic carbocycles. The molecule has 1 unspecified atom stereocenters. The van der Waals surface area contributed by atoms with Crippen LogP contribution in [0, 0.1) is 0 Å². The number of carbonyl (C=O) groups is 2. The van der Waals surface area contributed by atoms with Gasteiger partial charge in [-0.2, -0.15) is 0 Å². The van der Waals surface area contributed by atoms with Crippen molar-refractivity contribution in [3.63, 3.8) is 0 Å². The monoisotopic (exact) mass is 300 g/mol. The van der Waals surface area contributed by atoms with Crippen LogP contribution in [-0.2, 0) is 14.3 Å². The highest BCUT2D eigenvalue weighted by Crippen LogP contribution is 2.04. The number of amides is 1. The van der Waals surface area contributed by atoms with Gasteiger partial charge >= 0.3 is 12.1 Å². The number of hydrogen-bond donors (Lipinski definition) is 2. The number of carbonyl (C=O) groups excluding carboxylic acids is 2. The molecule has 2 N–H and O–H groups in total. The van der Waals surface area contributed by atoms with Crippen LogP contribution in [0.3, 0.4) is 0 Å². The molecule has 0 fully saturated rings. The zero-order chi connectivity index (χ0) is 15.5. The van der Waals surface area contributed by atoms with Crippen LogP contribution < -0.4 is 10.6 Å². The van der Waals surface area contributed by atoms with Crippen LogP contribution >= 0.6 is 12.2 Å². The van der Waals surface area contributed by atoms with Crippen molar-refractivity contribution in [2.24, 2.45) is 0 Å². The van der Waals surface area contributed by atoms with Crippen molar-refractivity contribution >= 4 is 29.4 Å².